The number of rotatable bonds is 9. The molecular weight excluding hydrogens is 709 g/mol. The van der Waals surface area contributed by atoms with Crippen LogP contribution < -0.4 is 48.0 Å². The van der Waals surface area contributed by atoms with Crippen molar-refractivity contribution in [3.8, 4) is 0 Å². The maximum Gasteiger partial charge on any atom is -1.00 e. The van der Waals surface area contributed by atoms with Crippen LogP contribution in [0.5, 0.6) is 0 Å². The third kappa shape index (κ3) is 5.65. The molecule has 4 rings (SSSR count). The summed E-state index contributed by atoms with van der Waals surface area (Å²) in [6, 6.07) is 21.8. The van der Waals surface area contributed by atoms with Gasteiger partial charge in [0.2, 0.25) is 0 Å². The molecule has 2 aromatic rings. The Morgan fingerprint density at radius 1 is 0.656 bits per heavy atom. The molecule has 4 heteroatoms. The summed E-state index contributed by atoms with van der Waals surface area (Å²) >= 11 is -1.89. The number of hydrogen-bond donors (Lipinski definition) is 0. The molecule has 171 valence electrons. The van der Waals surface area contributed by atoms with Crippen molar-refractivity contribution in [3.63, 3.8) is 0 Å². The Hall–Kier alpha value is 0.480. The van der Waals surface area contributed by atoms with Gasteiger partial charge in [-0.15, -0.1) is 0 Å². The minimum Gasteiger partial charge on any atom is -1.00 e. The maximum atomic E-state index is 2.60. The number of halogens is 2. The molecule has 32 heavy (non-hydrogen) atoms. The number of allylic oxidation sites excluding steroid dienone is 2. The second-order valence-electron chi connectivity index (χ2n) is 9.08. The van der Waals surface area contributed by atoms with Crippen LogP contribution in [0.25, 0.3) is 12.2 Å². The molecule has 2 unspecified atom stereocenters. The Bertz CT molecular complexity index is 876. The van der Waals surface area contributed by atoms with Gasteiger partial charge in [0.05, 0.1) is 0 Å². The predicted octanol–water partition coefficient (Wildman–Crippen LogP) is 2.25. The molecule has 2 aromatic carbocycles. The normalized spacial score (nSPS) is 18.3. The third-order valence-electron chi connectivity index (χ3n) is 7.24. The topological polar surface area (TPSA) is 0 Å². The van der Waals surface area contributed by atoms with E-state index in [0.29, 0.717) is 0 Å². The molecule has 0 amide bonds. The molecule has 2 atom stereocenters. The van der Waals surface area contributed by atoms with E-state index in [4.69, 9.17) is 0 Å². The molecule has 0 aromatic heterocycles. The first kappa shape index (κ1) is 28.7. The van der Waals surface area contributed by atoms with E-state index in [0.717, 1.165) is 7.25 Å². The molecule has 0 saturated carbocycles. The summed E-state index contributed by atoms with van der Waals surface area (Å²) in [4.78, 5) is 0. The largest absolute Gasteiger partial charge is 1.00 e. The van der Waals surface area contributed by atoms with E-state index in [2.05, 4.69) is 88.4 Å². The Morgan fingerprint density at radius 3 is 1.44 bits per heavy atom. The Kier molecular flexibility index (Phi) is 12.1. The van der Waals surface area contributed by atoms with E-state index in [-0.39, 0.29) is 48.0 Å². The van der Waals surface area contributed by atoms with Gasteiger partial charge in [-0.3, -0.25) is 0 Å². The van der Waals surface area contributed by atoms with Crippen molar-refractivity contribution in [3.05, 3.63) is 81.9 Å². The van der Waals surface area contributed by atoms with Gasteiger partial charge in [-0.25, -0.2) is 0 Å². The Morgan fingerprint density at radius 2 is 1.06 bits per heavy atom. The molecule has 0 radical (unpaired) electrons. The van der Waals surface area contributed by atoms with Crippen LogP contribution in [0.3, 0.4) is 0 Å². The van der Waals surface area contributed by atoms with Crippen LogP contribution in [-0.4, -0.2) is 5.92 Å². The summed E-state index contributed by atoms with van der Waals surface area (Å²) < 4.78 is 1.63. The van der Waals surface area contributed by atoms with Crippen molar-refractivity contribution in [1.82, 2.24) is 0 Å². The van der Waals surface area contributed by atoms with Crippen molar-refractivity contribution in [2.75, 3.05) is 0 Å². The van der Waals surface area contributed by atoms with E-state index >= 15 is 0 Å². The summed E-state index contributed by atoms with van der Waals surface area (Å²) in [5, 5.41) is 0. The molecular formula is C28H37I2SiZr. The number of benzene rings is 2. The fourth-order valence-corrected chi connectivity index (χ4v) is 34.1. The van der Waals surface area contributed by atoms with E-state index in [1.807, 2.05) is 0 Å². The average Bonchev–Trinajstić information content (AvgIpc) is 3.30. The second kappa shape index (κ2) is 13.5. The Balaban J connectivity index is 0.00000181. The van der Waals surface area contributed by atoms with E-state index in [9.17, 15) is 0 Å². The molecule has 0 saturated heterocycles. The molecule has 0 N–H and O–H groups in total. The summed E-state index contributed by atoms with van der Waals surface area (Å²) in [6.45, 7) is 9.78. The quantitative estimate of drug-likeness (QED) is 0.273. The summed E-state index contributed by atoms with van der Waals surface area (Å²) in [7, 11) is 0. The fraction of sp³-hybridized carbons (Fsp3) is 0.429. The number of hydrogen-bond acceptors (Lipinski definition) is 0. The zero-order valence-corrected chi connectivity index (χ0v) is 27.9. The third-order valence-corrected chi connectivity index (χ3v) is 33.7. The first-order valence-corrected chi connectivity index (χ1v) is 21.5. The van der Waals surface area contributed by atoms with Gasteiger partial charge in [-0.1, -0.05) is 0 Å². The summed E-state index contributed by atoms with van der Waals surface area (Å²) in [5.74, 6) is -0.743. The van der Waals surface area contributed by atoms with E-state index in [1.54, 1.807) is 22.3 Å². The van der Waals surface area contributed by atoms with Crippen molar-refractivity contribution >= 4 is 18.1 Å². The van der Waals surface area contributed by atoms with Crippen LogP contribution in [-0.2, 0) is 20.9 Å². The second-order valence-corrected chi connectivity index (χ2v) is 27.4. The molecule has 0 bridgehead atoms. The van der Waals surface area contributed by atoms with Crippen LogP contribution in [0.15, 0.2) is 59.7 Å². The van der Waals surface area contributed by atoms with Gasteiger partial charge in [0.15, 0.2) is 0 Å². The van der Waals surface area contributed by atoms with Crippen molar-refractivity contribution in [1.29, 1.82) is 0 Å². The maximum absolute atomic E-state index is 2.60. The van der Waals surface area contributed by atoms with Gasteiger partial charge < -0.3 is 48.0 Å². The Labute approximate surface area is 239 Å². The first-order valence-electron chi connectivity index (χ1n) is 12.2. The van der Waals surface area contributed by atoms with Gasteiger partial charge in [0.1, 0.15) is 0 Å². The first-order chi connectivity index (χ1) is 14.7. The summed E-state index contributed by atoms with van der Waals surface area (Å²) in [5.41, 5.74) is 10.1. The van der Waals surface area contributed by atoms with Crippen LogP contribution in [0.4, 0.5) is 0 Å². The van der Waals surface area contributed by atoms with Gasteiger partial charge in [0, 0.05) is 0 Å². The van der Waals surface area contributed by atoms with E-state index < -0.39 is 26.8 Å². The molecule has 0 spiro atoms. The monoisotopic (exact) mass is 745 g/mol. The van der Waals surface area contributed by atoms with Crippen LogP contribution in [0, 0.1) is 0 Å². The van der Waals surface area contributed by atoms with Crippen LogP contribution in [0.1, 0.15) is 82.9 Å². The van der Waals surface area contributed by atoms with Crippen molar-refractivity contribution < 1.29 is 68.9 Å². The molecule has 0 fully saturated rings. The average molecular weight is 747 g/mol. The van der Waals surface area contributed by atoms with Crippen molar-refractivity contribution in [2.45, 2.75) is 72.7 Å². The van der Waals surface area contributed by atoms with E-state index in [1.165, 1.54) is 48.9 Å². The minimum absolute atomic E-state index is 0. The molecule has 2 aliphatic rings. The standard InChI is InChI=1S/2C12H13.C4H11Si.2HI.Zr/c2*1-2-5-10-8-11-6-3-4-7-12(11)9-10;1-3-5-4-2;;;/h2*3-4,6-9H,2,5H2,1H3;5H,3-4H2,1-2H3;2*1H;/q;;;;;+2/p-2. The zero-order valence-electron chi connectivity index (χ0n) is 20.0. The smallest absolute Gasteiger partial charge is 1.00 e. The van der Waals surface area contributed by atoms with Gasteiger partial charge in [-0.05, 0) is 0 Å². The molecule has 0 nitrogen and oxygen atoms in total. The zero-order chi connectivity index (χ0) is 21.1. The SMILES string of the molecule is CCCC1=Cc2ccccc2[CH]1[Zr+2]([CH]1C(CCC)=Cc2ccccc21)[SiH](CC)CC.[I-].[I-]. The van der Waals surface area contributed by atoms with Gasteiger partial charge in [-0.2, -0.15) is 0 Å². The summed E-state index contributed by atoms with van der Waals surface area (Å²) in [6.07, 6.45) is 10.3. The van der Waals surface area contributed by atoms with Crippen molar-refractivity contribution in [2.24, 2.45) is 0 Å². The molecule has 0 aliphatic heterocycles. The fourth-order valence-electron chi connectivity index (χ4n) is 5.97. The van der Waals surface area contributed by atoms with Gasteiger partial charge >= 0.3 is 194 Å². The minimum atomic E-state index is -1.89. The molecule has 2 aliphatic carbocycles. The van der Waals surface area contributed by atoms with Crippen LogP contribution in [0.2, 0.25) is 12.1 Å². The van der Waals surface area contributed by atoms with Crippen LogP contribution >= 0.6 is 0 Å². The molecule has 0 heterocycles. The predicted molar refractivity (Wildman–Crippen MR) is 132 cm³/mol. The van der Waals surface area contributed by atoms with Gasteiger partial charge in [0.25, 0.3) is 0 Å². The number of fused-ring (bicyclic) bond motifs is 2.